The van der Waals surface area contributed by atoms with Crippen LogP contribution < -0.4 is 4.90 Å². The Labute approximate surface area is 314 Å². The van der Waals surface area contributed by atoms with Crippen LogP contribution in [-0.4, -0.2) is 0 Å². The molecule has 54 heavy (non-hydrogen) atoms. The van der Waals surface area contributed by atoms with E-state index in [4.69, 9.17) is 4.42 Å². The lowest BCUT2D eigenvalue weighted by Crippen LogP contribution is -2.10. The minimum atomic E-state index is 0.886. The topological polar surface area (TPSA) is 16.4 Å². The highest BCUT2D eigenvalue weighted by atomic mass is 16.3. The normalized spacial score (nSPS) is 11.3. The number of benzene rings is 9. The second-order valence-corrected chi connectivity index (χ2v) is 13.7. The first-order valence-corrected chi connectivity index (χ1v) is 18.4. The summed E-state index contributed by atoms with van der Waals surface area (Å²) in [7, 11) is 0. The summed E-state index contributed by atoms with van der Waals surface area (Å²) in [5.74, 6) is 0. The fraction of sp³-hybridized carbons (Fsp3) is 0. The van der Waals surface area contributed by atoms with Crippen LogP contribution in [-0.2, 0) is 0 Å². The van der Waals surface area contributed by atoms with Gasteiger partial charge in [0.05, 0.1) is 5.69 Å². The molecule has 0 atom stereocenters. The molecule has 0 saturated carbocycles. The van der Waals surface area contributed by atoms with E-state index in [1.165, 1.54) is 49.7 Å². The summed E-state index contributed by atoms with van der Waals surface area (Å²) in [4.78, 5) is 2.37. The van der Waals surface area contributed by atoms with Gasteiger partial charge in [-0.15, -0.1) is 0 Å². The highest BCUT2D eigenvalue weighted by molar-refractivity contribution is 6.07. The van der Waals surface area contributed by atoms with Crippen LogP contribution >= 0.6 is 0 Å². The van der Waals surface area contributed by atoms with E-state index in [-0.39, 0.29) is 0 Å². The summed E-state index contributed by atoms with van der Waals surface area (Å²) >= 11 is 0. The molecule has 0 unspecified atom stereocenters. The van der Waals surface area contributed by atoms with Crippen LogP contribution in [0.3, 0.4) is 0 Å². The third-order valence-corrected chi connectivity index (χ3v) is 10.5. The Morgan fingerprint density at radius 1 is 0.296 bits per heavy atom. The Balaban J connectivity index is 1.10. The number of para-hydroxylation sites is 1. The molecule has 2 heteroatoms. The predicted molar refractivity (Wildman–Crippen MR) is 228 cm³/mol. The van der Waals surface area contributed by atoms with Crippen LogP contribution in [0.1, 0.15) is 0 Å². The van der Waals surface area contributed by atoms with Gasteiger partial charge in [0.15, 0.2) is 0 Å². The Morgan fingerprint density at radius 2 is 0.778 bits per heavy atom. The molecule has 0 aliphatic heterocycles. The van der Waals surface area contributed by atoms with Gasteiger partial charge in [-0.05, 0) is 92.4 Å². The molecule has 10 rings (SSSR count). The lowest BCUT2D eigenvalue weighted by atomic mass is 9.87. The van der Waals surface area contributed by atoms with Gasteiger partial charge in [0.2, 0.25) is 0 Å². The summed E-state index contributed by atoms with van der Waals surface area (Å²) in [5.41, 5.74) is 14.7. The van der Waals surface area contributed by atoms with Crippen molar-refractivity contribution in [1.29, 1.82) is 0 Å². The third kappa shape index (κ3) is 5.53. The predicted octanol–water partition coefficient (Wildman–Crippen LogP) is 14.9. The molecule has 0 amide bonds. The van der Waals surface area contributed by atoms with Gasteiger partial charge in [0.1, 0.15) is 11.2 Å². The third-order valence-electron chi connectivity index (χ3n) is 10.5. The molecule has 1 heterocycles. The minimum Gasteiger partial charge on any atom is -0.456 e. The molecule has 0 N–H and O–H groups in total. The molecule has 0 spiro atoms. The maximum atomic E-state index is 6.23. The molecule has 0 bridgehead atoms. The zero-order valence-electron chi connectivity index (χ0n) is 29.6. The first kappa shape index (κ1) is 31.6. The number of rotatable bonds is 7. The monoisotopic (exact) mass is 689 g/mol. The van der Waals surface area contributed by atoms with Crippen LogP contribution in [0.25, 0.3) is 77.2 Å². The highest BCUT2D eigenvalue weighted by Crippen LogP contribution is 2.44. The van der Waals surface area contributed by atoms with Gasteiger partial charge in [-0.3, -0.25) is 0 Å². The molecule has 0 fully saturated rings. The van der Waals surface area contributed by atoms with Gasteiger partial charge in [-0.2, -0.15) is 0 Å². The van der Waals surface area contributed by atoms with E-state index in [2.05, 4.69) is 205 Å². The van der Waals surface area contributed by atoms with Gasteiger partial charge < -0.3 is 9.32 Å². The maximum absolute atomic E-state index is 6.23. The standard InChI is InChI=1S/C52H35NO/c1-2-15-36(16-3-1)41-19-6-8-22-44(41)46-24-10-11-25-47(46)45-23-9-7-20-42(45)38-29-31-39(32-30-38)53(50-27-14-18-37-17-4-5-21-43(37)50)40-33-34-52-49(35-40)48-26-12-13-28-51(48)54-52/h1-35H. The average molecular weight is 690 g/mol. The number of hydrogen-bond donors (Lipinski definition) is 0. The van der Waals surface area contributed by atoms with Gasteiger partial charge in [0.25, 0.3) is 0 Å². The molecule has 0 aliphatic rings. The number of furan rings is 1. The molecule has 9 aromatic carbocycles. The van der Waals surface area contributed by atoms with Crippen LogP contribution in [0, 0.1) is 0 Å². The van der Waals surface area contributed by atoms with Crippen molar-refractivity contribution in [3.05, 3.63) is 212 Å². The van der Waals surface area contributed by atoms with Crippen LogP contribution in [0.15, 0.2) is 217 Å². The van der Waals surface area contributed by atoms with Crippen molar-refractivity contribution in [3.63, 3.8) is 0 Å². The Morgan fingerprint density at radius 3 is 1.46 bits per heavy atom. The van der Waals surface area contributed by atoms with Gasteiger partial charge in [-0.1, -0.05) is 170 Å². The summed E-state index contributed by atoms with van der Waals surface area (Å²) in [6, 6.07) is 75.9. The largest absolute Gasteiger partial charge is 0.456 e. The summed E-state index contributed by atoms with van der Waals surface area (Å²) in [5, 5.41) is 4.61. The fourth-order valence-corrected chi connectivity index (χ4v) is 7.98. The number of hydrogen-bond acceptors (Lipinski definition) is 2. The Hall–Kier alpha value is -7.16. The van der Waals surface area contributed by atoms with Crippen molar-refractivity contribution in [2.45, 2.75) is 0 Å². The average Bonchev–Trinajstić information content (AvgIpc) is 3.63. The number of anilines is 3. The van der Waals surface area contributed by atoms with E-state index < -0.39 is 0 Å². The molecule has 2 nitrogen and oxygen atoms in total. The molecule has 0 saturated heterocycles. The highest BCUT2D eigenvalue weighted by Gasteiger charge is 2.19. The van der Waals surface area contributed by atoms with E-state index in [0.29, 0.717) is 0 Å². The molecule has 0 aliphatic carbocycles. The van der Waals surface area contributed by atoms with E-state index in [0.717, 1.165) is 44.6 Å². The first-order valence-electron chi connectivity index (χ1n) is 18.4. The second-order valence-electron chi connectivity index (χ2n) is 13.7. The van der Waals surface area contributed by atoms with E-state index in [9.17, 15) is 0 Å². The molecule has 1 aromatic heterocycles. The Kier molecular flexibility index (Phi) is 7.85. The lowest BCUT2D eigenvalue weighted by molar-refractivity contribution is 0.669. The summed E-state index contributed by atoms with van der Waals surface area (Å²) < 4.78 is 6.23. The lowest BCUT2D eigenvalue weighted by Gasteiger charge is -2.27. The van der Waals surface area contributed by atoms with Crippen molar-refractivity contribution < 1.29 is 4.42 Å². The first-order chi connectivity index (χ1) is 26.8. The van der Waals surface area contributed by atoms with Crippen LogP contribution in [0.2, 0.25) is 0 Å². The summed E-state index contributed by atoms with van der Waals surface area (Å²) in [6.07, 6.45) is 0. The quantitative estimate of drug-likeness (QED) is 0.166. The Bertz CT molecular complexity index is 2930. The zero-order chi connectivity index (χ0) is 35.8. The molecular weight excluding hydrogens is 655 g/mol. The van der Waals surface area contributed by atoms with Crippen molar-refractivity contribution >= 4 is 49.8 Å². The number of fused-ring (bicyclic) bond motifs is 4. The van der Waals surface area contributed by atoms with E-state index in [1.807, 2.05) is 12.1 Å². The second kappa shape index (κ2) is 13.4. The fourth-order valence-electron chi connectivity index (χ4n) is 7.98. The molecule has 0 radical (unpaired) electrons. The van der Waals surface area contributed by atoms with Crippen molar-refractivity contribution in [1.82, 2.24) is 0 Å². The van der Waals surface area contributed by atoms with Gasteiger partial charge >= 0.3 is 0 Å². The van der Waals surface area contributed by atoms with Gasteiger partial charge in [0, 0.05) is 27.5 Å². The van der Waals surface area contributed by atoms with E-state index >= 15 is 0 Å². The molecule has 254 valence electrons. The van der Waals surface area contributed by atoms with E-state index in [1.54, 1.807) is 0 Å². The van der Waals surface area contributed by atoms with Crippen LogP contribution in [0.4, 0.5) is 17.1 Å². The maximum Gasteiger partial charge on any atom is 0.135 e. The SMILES string of the molecule is c1ccc(-c2ccccc2-c2ccccc2-c2ccccc2-c2ccc(N(c3ccc4oc5ccccc5c4c3)c3cccc4ccccc34)cc2)cc1. The smallest absolute Gasteiger partial charge is 0.135 e. The molecule has 10 aromatic rings. The van der Waals surface area contributed by atoms with Crippen molar-refractivity contribution in [2.24, 2.45) is 0 Å². The number of nitrogens with zero attached hydrogens (tertiary/aromatic N) is 1. The zero-order valence-corrected chi connectivity index (χ0v) is 29.6. The van der Waals surface area contributed by atoms with Crippen molar-refractivity contribution in [3.8, 4) is 44.5 Å². The summed E-state index contributed by atoms with van der Waals surface area (Å²) in [6.45, 7) is 0. The van der Waals surface area contributed by atoms with Crippen LogP contribution in [0.5, 0.6) is 0 Å². The van der Waals surface area contributed by atoms with Crippen molar-refractivity contribution in [2.75, 3.05) is 4.90 Å². The molecular formula is C52H35NO. The minimum absolute atomic E-state index is 0.886. The van der Waals surface area contributed by atoms with Gasteiger partial charge in [-0.25, -0.2) is 0 Å².